The second-order valence-electron chi connectivity index (χ2n) is 8.69. The fraction of sp³-hybridized carbons (Fsp3) is 0.444. The molecule has 0 saturated heterocycles. The Morgan fingerprint density at radius 2 is 1.61 bits per heavy atom. The molecule has 1 aliphatic rings. The minimum Gasteiger partial charge on any atom is -0.356 e. The molecule has 2 aromatic carbocycles. The summed E-state index contributed by atoms with van der Waals surface area (Å²) in [5, 5.41) is 15.8. The minimum atomic E-state index is 0.362. The number of aryl methyl sites for hydroxylation is 2. The first kappa shape index (κ1) is 23.0. The van der Waals surface area contributed by atoms with E-state index in [-0.39, 0.29) is 0 Å². The maximum Gasteiger partial charge on any atom is 0.190 e. The second-order valence-corrected chi connectivity index (χ2v) is 8.69. The molecule has 0 unspecified atom stereocenters. The quantitative estimate of drug-likeness (QED) is 0.293. The van der Waals surface area contributed by atoms with Crippen LogP contribution < -0.4 is 10.6 Å². The summed E-state index contributed by atoms with van der Waals surface area (Å²) in [5.74, 6) is 3.51. The third-order valence-electron chi connectivity index (χ3n) is 6.41. The Hall–Kier alpha value is -3.15. The molecule has 1 aromatic heterocycles. The van der Waals surface area contributed by atoms with Crippen LogP contribution in [0.3, 0.4) is 0 Å². The first-order valence-electron chi connectivity index (χ1n) is 12.3. The molecule has 4 rings (SSSR count). The Bertz CT molecular complexity index is 956. The standard InChI is InChI=1S/C27H36N6/c1-28-27(29-19-11-17-26-32-31-25-16-9-4-10-21-33(25)26)30-20-18-24(22-12-5-2-6-13-22)23-14-7-3-8-15-23/h2-3,5-8,12-15,24H,4,9-11,16-21H2,1H3,(H2,28,29,30). The van der Waals surface area contributed by atoms with E-state index in [1.165, 1.54) is 36.2 Å². The number of nitrogens with one attached hydrogen (secondary N) is 2. The van der Waals surface area contributed by atoms with Gasteiger partial charge in [0.25, 0.3) is 0 Å². The van der Waals surface area contributed by atoms with Crippen LogP contribution >= 0.6 is 0 Å². The summed E-state index contributed by atoms with van der Waals surface area (Å²) in [6.07, 6.45) is 7.78. The van der Waals surface area contributed by atoms with Gasteiger partial charge >= 0.3 is 0 Å². The van der Waals surface area contributed by atoms with Crippen molar-refractivity contribution in [2.75, 3.05) is 20.1 Å². The fourth-order valence-corrected chi connectivity index (χ4v) is 4.64. The van der Waals surface area contributed by atoms with E-state index in [0.717, 1.165) is 57.1 Å². The van der Waals surface area contributed by atoms with Gasteiger partial charge < -0.3 is 15.2 Å². The molecule has 0 atom stereocenters. The van der Waals surface area contributed by atoms with Gasteiger partial charge in [-0.15, -0.1) is 10.2 Å². The van der Waals surface area contributed by atoms with Crippen LogP contribution in [-0.2, 0) is 19.4 Å². The molecular formula is C27H36N6. The van der Waals surface area contributed by atoms with Gasteiger partial charge in [-0.3, -0.25) is 4.99 Å². The third kappa shape index (κ3) is 6.44. The zero-order chi connectivity index (χ0) is 22.7. The first-order chi connectivity index (χ1) is 16.3. The van der Waals surface area contributed by atoms with E-state index in [9.17, 15) is 0 Å². The van der Waals surface area contributed by atoms with E-state index >= 15 is 0 Å². The summed E-state index contributed by atoms with van der Waals surface area (Å²) in [6.45, 7) is 2.78. The molecule has 2 heterocycles. The number of nitrogens with zero attached hydrogens (tertiary/aromatic N) is 4. The monoisotopic (exact) mass is 444 g/mol. The van der Waals surface area contributed by atoms with Gasteiger partial charge in [0, 0.05) is 45.4 Å². The van der Waals surface area contributed by atoms with Crippen molar-refractivity contribution in [1.29, 1.82) is 0 Å². The van der Waals surface area contributed by atoms with Crippen LogP contribution in [0.5, 0.6) is 0 Å². The summed E-state index contributed by atoms with van der Waals surface area (Å²) in [6, 6.07) is 21.5. The molecule has 0 saturated carbocycles. The number of aliphatic imine (C=N–C) groups is 1. The van der Waals surface area contributed by atoms with E-state index < -0.39 is 0 Å². The molecule has 33 heavy (non-hydrogen) atoms. The highest BCUT2D eigenvalue weighted by molar-refractivity contribution is 5.79. The lowest BCUT2D eigenvalue weighted by atomic mass is 9.88. The first-order valence-corrected chi connectivity index (χ1v) is 12.3. The number of rotatable bonds is 9. The number of benzene rings is 2. The topological polar surface area (TPSA) is 67.1 Å². The van der Waals surface area contributed by atoms with Crippen LogP contribution in [0.4, 0.5) is 0 Å². The SMILES string of the molecule is CN=C(NCCCc1nnc2n1CCCCC2)NCCC(c1ccccc1)c1ccccc1. The number of fused-ring (bicyclic) bond motifs is 1. The van der Waals surface area contributed by atoms with Crippen molar-refractivity contribution in [3.05, 3.63) is 83.4 Å². The molecule has 6 nitrogen and oxygen atoms in total. The van der Waals surface area contributed by atoms with E-state index in [0.29, 0.717) is 5.92 Å². The van der Waals surface area contributed by atoms with Crippen molar-refractivity contribution in [2.24, 2.45) is 4.99 Å². The predicted octanol–water partition coefficient (Wildman–Crippen LogP) is 4.32. The Morgan fingerprint density at radius 3 is 2.30 bits per heavy atom. The lowest BCUT2D eigenvalue weighted by molar-refractivity contribution is 0.593. The Kier molecular flexibility index (Phi) is 8.50. The van der Waals surface area contributed by atoms with Gasteiger partial charge in [-0.05, 0) is 36.8 Å². The van der Waals surface area contributed by atoms with Crippen LogP contribution in [0.15, 0.2) is 65.7 Å². The van der Waals surface area contributed by atoms with Gasteiger partial charge in [-0.1, -0.05) is 67.1 Å². The van der Waals surface area contributed by atoms with Gasteiger partial charge in [0.2, 0.25) is 0 Å². The maximum absolute atomic E-state index is 4.44. The largest absolute Gasteiger partial charge is 0.356 e. The van der Waals surface area contributed by atoms with Gasteiger partial charge in [0.15, 0.2) is 5.96 Å². The second kappa shape index (κ2) is 12.2. The smallest absolute Gasteiger partial charge is 0.190 e. The molecular weight excluding hydrogens is 408 g/mol. The third-order valence-corrected chi connectivity index (χ3v) is 6.41. The van der Waals surface area contributed by atoms with Crippen molar-refractivity contribution in [3.63, 3.8) is 0 Å². The van der Waals surface area contributed by atoms with Gasteiger partial charge in [-0.2, -0.15) is 0 Å². The molecule has 0 radical (unpaired) electrons. The van der Waals surface area contributed by atoms with Gasteiger partial charge in [0.05, 0.1) is 0 Å². The van der Waals surface area contributed by atoms with Crippen molar-refractivity contribution < 1.29 is 0 Å². The lowest BCUT2D eigenvalue weighted by Gasteiger charge is -2.19. The maximum atomic E-state index is 4.44. The zero-order valence-electron chi connectivity index (χ0n) is 19.7. The molecule has 0 bridgehead atoms. The Labute approximate surface area is 197 Å². The van der Waals surface area contributed by atoms with Gasteiger partial charge in [0.1, 0.15) is 11.6 Å². The average molecular weight is 445 g/mol. The molecule has 1 aliphatic heterocycles. The molecule has 0 spiro atoms. The van der Waals surface area contributed by atoms with Crippen LogP contribution in [0.25, 0.3) is 0 Å². The summed E-state index contributed by atoms with van der Waals surface area (Å²) in [4.78, 5) is 4.41. The highest BCUT2D eigenvalue weighted by atomic mass is 15.3. The number of hydrogen-bond acceptors (Lipinski definition) is 3. The van der Waals surface area contributed by atoms with Crippen molar-refractivity contribution in [3.8, 4) is 0 Å². The van der Waals surface area contributed by atoms with Crippen LogP contribution in [0.2, 0.25) is 0 Å². The summed E-state index contributed by atoms with van der Waals surface area (Å²) in [7, 11) is 1.83. The minimum absolute atomic E-state index is 0.362. The number of guanidine groups is 1. The average Bonchev–Trinajstić information content (AvgIpc) is 3.09. The van der Waals surface area contributed by atoms with Gasteiger partial charge in [-0.25, -0.2) is 0 Å². The molecule has 6 heteroatoms. The molecule has 174 valence electrons. The number of hydrogen-bond donors (Lipinski definition) is 2. The number of aromatic nitrogens is 3. The van der Waals surface area contributed by atoms with E-state index in [4.69, 9.17) is 0 Å². The van der Waals surface area contributed by atoms with Crippen molar-refractivity contribution in [1.82, 2.24) is 25.4 Å². The lowest BCUT2D eigenvalue weighted by Crippen LogP contribution is -2.38. The molecule has 3 aromatic rings. The molecule has 0 fully saturated rings. The van der Waals surface area contributed by atoms with Crippen LogP contribution in [0, 0.1) is 0 Å². The summed E-state index contributed by atoms with van der Waals surface area (Å²) >= 11 is 0. The van der Waals surface area contributed by atoms with E-state index in [2.05, 4.69) is 91.1 Å². The molecule has 2 N–H and O–H groups in total. The van der Waals surface area contributed by atoms with Crippen LogP contribution in [0.1, 0.15) is 60.8 Å². The van der Waals surface area contributed by atoms with Crippen molar-refractivity contribution in [2.45, 2.75) is 57.4 Å². The Morgan fingerprint density at radius 1 is 0.909 bits per heavy atom. The van der Waals surface area contributed by atoms with E-state index in [1.807, 2.05) is 7.05 Å². The van der Waals surface area contributed by atoms with Crippen LogP contribution in [-0.4, -0.2) is 40.9 Å². The highest BCUT2D eigenvalue weighted by Gasteiger charge is 2.15. The summed E-state index contributed by atoms with van der Waals surface area (Å²) in [5.41, 5.74) is 2.70. The summed E-state index contributed by atoms with van der Waals surface area (Å²) < 4.78 is 2.34. The van der Waals surface area contributed by atoms with E-state index in [1.54, 1.807) is 0 Å². The normalized spacial score (nSPS) is 14.1. The van der Waals surface area contributed by atoms with Crippen molar-refractivity contribution >= 4 is 5.96 Å². The fourth-order valence-electron chi connectivity index (χ4n) is 4.64. The molecule has 0 aliphatic carbocycles. The zero-order valence-corrected chi connectivity index (χ0v) is 19.7. The predicted molar refractivity (Wildman–Crippen MR) is 135 cm³/mol. The Balaban J connectivity index is 1.24. The highest BCUT2D eigenvalue weighted by Crippen LogP contribution is 2.27. The molecule has 0 amide bonds.